The van der Waals surface area contributed by atoms with Crippen molar-refractivity contribution in [2.45, 2.75) is 33.2 Å². The van der Waals surface area contributed by atoms with E-state index in [4.69, 9.17) is 9.47 Å². The van der Waals surface area contributed by atoms with Crippen LogP contribution in [0.1, 0.15) is 27.2 Å². The van der Waals surface area contributed by atoms with Crippen molar-refractivity contribution >= 4 is 0 Å². The van der Waals surface area contributed by atoms with Crippen LogP contribution in [0.4, 0.5) is 0 Å². The van der Waals surface area contributed by atoms with Crippen LogP contribution in [0.25, 0.3) is 0 Å². The molecule has 96 valence electrons. The van der Waals surface area contributed by atoms with Crippen molar-refractivity contribution in [1.82, 2.24) is 10.3 Å². The highest BCUT2D eigenvalue weighted by molar-refractivity contribution is 5.32. The second-order valence-electron chi connectivity index (χ2n) is 4.11. The van der Waals surface area contributed by atoms with E-state index in [0.717, 1.165) is 18.7 Å². The molecule has 0 aliphatic rings. The number of hydrogen-bond acceptors (Lipinski definition) is 4. The normalized spacial score (nSPS) is 10.6. The first-order chi connectivity index (χ1) is 8.24. The maximum absolute atomic E-state index is 5.59. The second kappa shape index (κ2) is 7.90. The van der Waals surface area contributed by atoms with Crippen LogP contribution in [0.15, 0.2) is 18.3 Å². The van der Waals surface area contributed by atoms with Gasteiger partial charge >= 0.3 is 0 Å². The number of aromatic nitrogens is 1. The minimum absolute atomic E-state index is 0.471. The molecule has 1 N–H and O–H groups in total. The molecular formula is C13H22N2O2. The Kier molecular flexibility index (Phi) is 6.40. The molecule has 0 atom stereocenters. The Labute approximate surface area is 103 Å². The van der Waals surface area contributed by atoms with Crippen molar-refractivity contribution in [1.29, 1.82) is 0 Å². The van der Waals surface area contributed by atoms with Crippen LogP contribution in [-0.2, 0) is 0 Å². The first-order valence-electron chi connectivity index (χ1n) is 6.18. The van der Waals surface area contributed by atoms with Crippen LogP contribution in [0, 0.1) is 0 Å². The Morgan fingerprint density at radius 1 is 1.29 bits per heavy atom. The SMILES string of the molecule is CCCOc1cccnc1OCCNC(C)C. The smallest absolute Gasteiger partial charge is 0.257 e. The van der Waals surface area contributed by atoms with Crippen molar-refractivity contribution in [2.75, 3.05) is 19.8 Å². The predicted molar refractivity (Wildman–Crippen MR) is 68.7 cm³/mol. The fourth-order valence-electron chi connectivity index (χ4n) is 1.30. The topological polar surface area (TPSA) is 43.4 Å². The molecule has 4 heteroatoms. The van der Waals surface area contributed by atoms with E-state index in [1.807, 2.05) is 12.1 Å². The molecule has 4 nitrogen and oxygen atoms in total. The molecule has 1 rings (SSSR count). The maximum atomic E-state index is 5.59. The molecule has 0 saturated heterocycles. The van der Waals surface area contributed by atoms with Crippen molar-refractivity contribution in [3.8, 4) is 11.6 Å². The predicted octanol–water partition coefficient (Wildman–Crippen LogP) is 2.25. The Balaban J connectivity index is 2.40. The Hall–Kier alpha value is -1.29. The summed E-state index contributed by atoms with van der Waals surface area (Å²) in [5.74, 6) is 1.30. The zero-order valence-electron chi connectivity index (χ0n) is 10.9. The zero-order valence-corrected chi connectivity index (χ0v) is 10.9. The average molecular weight is 238 g/mol. The van der Waals surface area contributed by atoms with Crippen molar-refractivity contribution < 1.29 is 9.47 Å². The van der Waals surface area contributed by atoms with Gasteiger partial charge in [0.2, 0.25) is 0 Å². The summed E-state index contributed by atoms with van der Waals surface area (Å²) in [7, 11) is 0. The maximum Gasteiger partial charge on any atom is 0.257 e. The first kappa shape index (κ1) is 13.8. The third-order valence-corrected chi connectivity index (χ3v) is 2.09. The van der Waals surface area contributed by atoms with Crippen molar-refractivity contribution in [3.05, 3.63) is 18.3 Å². The van der Waals surface area contributed by atoms with Crippen LogP contribution in [0.5, 0.6) is 11.6 Å². The Morgan fingerprint density at radius 2 is 2.12 bits per heavy atom. The van der Waals surface area contributed by atoms with Gasteiger partial charge in [-0.2, -0.15) is 0 Å². The zero-order chi connectivity index (χ0) is 12.5. The van der Waals surface area contributed by atoms with Crippen LogP contribution < -0.4 is 14.8 Å². The molecule has 1 aromatic rings. The van der Waals surface area contributed by atoms with E-state index < -0.39 is 0 Å². The van der Waals surface area contributed by atoms with Gasteiger partial charge in [-0.1, -0.05) is 20.8 Å². The second-order valence-corrected chi connectivity index (χ2v) is 4.11. The molecule has 0 bridgehead atoms. The lowest BCUT2D eigenvalue weighted by molar-refractivity contribution is 0.257. The van der Waals surface area contributed by atoms with Crippen LogP contribution in [0.3, 0.4) is 0 Å². The van der Waals surface area contributed by atoms with Gasteiger partial charge in [-0.05, 0) is 18.6 Å². The van der Waals surface area contributed by atoms with Gasteiger partial charge in [0.25, 0.3) is 5.88 Å². The standard InChI is InChI=1S/C13H22N2O2/c1-4-9-16-12-6-5-7-15-13(12)17-10-8-14-11(2)3/h5-7,11,14H,4,8-10H2,1-3H3. The summed E-state index contributed by atoms with van der Waals surface area (Å²) in [5.41, 5.74) is 0. The average Bonchev–Trinajstić information content (AvgIpc) is 2.33. The third-order valence-electron chi connectivity index (χ3n) is 2.09. The molecule has 1 heterocycles. The molecule has 0 saturated carbocycles. The molecule has 0 amide bonds. The van der Waals surface area contributed by atoms with Crippen LogP contribution in [0.2, 0.25) is 0 Å². The lowest BCUT2D eigenvalue weighted by Crippen LogP contribution is -2.27. The highest BCUT2D eigenvalue weighted by Gasteiger charge is 2.05. The highest BCUT2D eigenvalue weighted by Crippen LogP contribution is 2.23. The molecule has 0 fully saturated rings. The molecular weight excluding hydrogens is 216 g/mol. The molecule has 17 heavy (non-hydrogen) atoms. The van der Waals surface area contributed by atoms with E-state index in [-0.39, 0.29) is 0 Å². The molecule has 1 aromatic heterocycles. The molecule has 0 unspecified atom stereocenters. The molecule has 0 aromatic carbocycles. The lowest BCUT2D eigenvalue weighted by Gasteiger charge is -2.12. The number of rotatable bonds is 8. The van der Waals surface area contributed by atoms with Gasteiger partial charge in [-0.3, -0.25) is 0 Å². The minimum Gasteiger partial charge on any atom is -0.488 e. The molecule has 0 spiro atoms. The van der Waals surface area contributed by atoms with E-state index in [1.54, 1.807) is 6.20 Å². The number of nitrogens with zero attached hydrogens (tertiary/aromatic N) is 1. The number of nitrogens with one attached hydrogen (secondary N) is 1. The van der Waals surface area contributed by atoms with E-state index in [0.29, 0.717) is 25.1 Å². The monoisotopic (exact) mass is 238 g/mol. The van der Waals surface area contributed by atoms with Gasteiger partial charge in [0.1, 0.15) is 6.61 Å². The van der Waals surface area contributed by atoms with Crippen LogP contribution in [-0.4, -0.2) is 30.8 Å². The van der Waals surface area contributed by atoms with Gasteiger partial charge in [-0.25, -0.2) is 4.98 Å². The van der Waals surface area contributed by atoms with Crippen molar-refractivity contribution in [2.24, 2.45) is 0 Å². The van der Waals surface area contributed by atoms with E-state index >= 15 is 0 Å². The quantitative estimate of drug-likeness (QED) is 0.705. The molecule has 0 aliphatic heterocycles. The Morgan fingerprint density at radius 3 is 2.82 bits per heavy atom. The number of ether oxygens (including phenoxy) is 2. The fourth-order valence-corrected chi connectivity index (χ4v) is 1.30. The fraction of sp³-hybridized carbons (Fsp3) is 0.615. The summed E-state index contributed by atoms with van der Waals surface area (Å²) in [5, 5.41) is 3.28. The summed E-state index contributed by atoms with van der Waals surface area (Å²) in [6.45, 7) is 8.38. The summed E-state index contributed by atoms with van der Waals surface area (Å²) in [6, 6.07) is 4.20. The van der Waals surface area contributed by atoms with Crippen LogP contribution >= 0.6 is 0 Å². The van der Waals surface area contributed by atoms with E-state index in [2.05, 4.69) is 31.1 Å². The van der Waals surface area contributed by atoms with Gasteiger partial charge < -0.3 is 14.8 Å². The van der Waals surface area contributed by atoms with Gasteiger partial charge in [0.15, 0.2) is 5.75 Å². The summed E-state index contributed by atoms with van der Waals surface area (Å²) < 4.78 is 11.1. The van der Waals surface area contributed by atoms with E-state index in [1.165, 1.54) is 0 Å². The largest absolute Gasteiger partial charge is 0.488 e. The first-order valence-corrected chi connectivity index (χ1v) is 6.18. The van der Waals surface area contributed by atoms with Gasteiger partial charge in [-0.15, -0.1) is 0 Å². The summed E-state index contributed by atoms with van der Waals surface area (Å²) in [4.78, 5) is 4.17. The molecule has 0 aliphatic carbocycles. The Bertz CT molecular complexity index is 316. The number of pyridine rings is 1. The minimum atomic E-state index is 0.471. The third kappa shape index (κ3) is 5.54. The lowest BCUT2D eigenvalue weighted by atomic mass is 10.4. The van der Waals surface area contributed by atoms with Gasteiger partial charge in [0, 0.05) is 18.8 Å². The van der Waals surface area contributed by atoms with Crippen molar-refractivity contribution in [3.63, 3.8) is 0 Å². The molecule has 0 radical (unpaired) electrons. The van der Waals surface area contributed by atoms with Gasteiger partial charge in [0.05, 0.1) is 6.61 Å². The summed E-state index contributed by atoms with van der Waals surface area (Å²) in [6.07, 6.45) is 2.69. The summed E-state index contributed by atoms with van der Waals surface area (Å²) >= 11 is 0. The number of hydrogen-bond donors (Lipinski definition) is 1. The highest BCUT2D eigenvalue weighted by atomic mass is 16.5. The van der Waals surface area contributed by atoms with E-state index in [9.17, 15) is 0 Å².